The minimum absolute atomic E-state index is 0.251. The molecule has 1 amide bonds. The molecule has 3 heterocycles. The van der Waals surface area contributed by atoms with Gasteiger partial charge in [0, 0.05) is 16.1 Å². The Morgan fingerprint density at radius 3 is 2.59 bits per heavy atom. The van der Waals surface area contributed by atoms with Gasteiger partial charge in [-0.2, -0.15) is 5.10 Å². The molecule has 8 nitrogen and oxygen atoms in total. The molecule has 2 N–H and O–H groups in total. The number of benzene rings is 2. The number of carbonyl (C=O) groups is 1. The molecule has 0 aliphatic heterocycles. The Morgan fingerprint density at radius 1 is 1.07 bits per heavy atom. The van der Waals surface area contributed by atoms with Crippen LogP contribution >= 0.6 is 11.6 Å². The van der Waals surface area contributed by atoms with E-state index in [4.69, 9.17) is 11.6 Å². The molecule has 5 rings (SSSR count). The highest BCUT2D eigenvalue weighted by atomic mass is 35.5. The zero-order valence-electron chi connectivity index (χ0n) is 15.2. The van der Waals surface area contributed by atoms with E-state index in [1.807, 2.05) is 37.3 Å². The monoisotopic (exact) mass is 403 g/mol. The molecule has 0 radical (unpaired) electrons. The lowest BCUT2D eigenvalue weighted by atomic mass is 10.1. The van der Waals surface area contributed by atoms with Gasteiger partial charge in [-0.15, -0.1) is 10.2 Å². The van der Waals surface area contributed by atoms with Crippen molar-refractivity contribution in [2.75, 3.05) is 5.32 Å². The predicted octanol–water partition coefficient (Wildman–Crippen LogP) is 3.88. The maximum absolute atomic E-state index is 12.7. The van der Waals surface area contributed by atoms with Gasteiger partial charge in [-0.1, -0.05) is 41.9 Å². The molecule has 0 saturated carbocycles. The number of aryl methyl sites for hydroxylation is 1. The van der Waals surface area contributed by atoms with Crippen LogP contribution in [-0.2, 0) is 0 Å². The van der Waals surface area contributed by atoms with Crippen LogP contribution in [0.4, 0.5) is 5.82 Å². The fraction of sp³-hybridized carbons (Fsp3) is 0.0500. The van der Waals surface area contributed by atoms with Gasteiger partial charge < -0.3 is 5.32 Å². The van der Waals surface area contributed by atoms with Crippen LogP contribution in [-0.4, -0.2) is 35.7 Å². The van der Waals surface area contributed by atoms with Crippen LogP contribution in [0.5, 0.6) is 0 Å². The van der Waals surface area contributed by atoms with Crippen molar-refractivity contribution >= 4 is 40.1 Å². The molecular formula is C20H14ClN7O. The summed E-state index contributed by atoms with van der Waals surface area (Å²) in [4.78, 5) is 17.4. The van der Waals surface area contributed by atoms with Crippen LogP contribution in [0.15, 0.2) is 54.6 Å². The minimum Gasteiger partial charge on any atom is -0.306 e. The van der Waals surface area contributed by atoms with Gasteiger partial charge in [0.1, 0.15) is 11.6 Å². The van der Waals surface area contributed by atoms with Gasteiger partial charge in [0.2, 0.25) is 0 Å². The number of anilines is 1. The lowest BCUT2D eigenvalue weighted by molar-refractivity contribution is 0.102. The number of hydrogen-bond donors (Lipinski definition) is 2. The normalized spacial score (nSPS) is 11.2. The smallest absolute Gasteiger partial charge is 0.257 e. The molecule has 2 aromatic carbocycles. The topological polar surface area (TPSA) is 101 Å². The molecule has 0 atom stereocenters. The van der Waals surface area contributed by atoms with E-state index in [-0.39, 0.29) is 5.91 Å². The second-order valence-electron chi connectivity index (χ2n) is 6.47. The van der Waals surface area contributed by atoms with E-state index >= 15 is 0 Å². The number of nitrogens with one attached hydrogen (secondary N) is 2. The Bertz CT molecular complexity index is 1360. The first kappa shape index (κ1) is 17.3. The first-order valence-corrected chi connectivity index (χ1v) is 9.22. The lowest BCUT2D eigenvalue weighted by Crippen LogP contribution is -2.12. The van der Waals surface area contributed by atoms with Crippen molar-refractivity contribution in [1.82, 2.24) is 29.8 Å². The predicted molar refractivity (Wildman–Crippen MR) is 110 cm³/mol. The summed E-state index contributed by atoms with van der Waals surface area (Å²) in [5, 5.41) is 19.7. The standard InChI is InChI=1S/C20H14ClN7O/c1-11-24-27-20-22-16(12-7-9-14(21)10-8-12)15-17(25-26-18(15)28(11)20)23-19(29)13-5-3-2-4-6-13/h2-10H,1H3,(H2,23,25,26,29). The zero-order chi connectivity index (χ0) is 20.0. The number of aromatic amines is 1. The van der Waals surface area contributed by atoms with E-state index in [2.05, 4.69) is 30.7 Å². The van der Waals surface area contributed by atoms with Gasteiger partial charge >= 0.3 is 0 Å². The Balaban J connectivity index is 1.73. The average molecular weight is 404 g/mol. The van der Waals surface area contributed by atoms with Crippen molar-refractivity contribution in [3.63, 3.8) is 0 Å². The third-order valence-corrected chi connectivity index (χ3v) is 4.86. The number of rotatable bonds is 3. The maximum Gasteiger partial charge on any atom is 0.257 e. The van der Waals surface area contributed by atoms with Crippen LogP contribution in [0.1, 0.15) is 16.2 Å². The summed E-state index contributed by atoms with van der Waals surface area (Å²) < 4.78 is 1.74. The number of nitrogens with zero attached hydrogens (tertiary/aromatic N) is 5. The van der Waals surface area contributed by atoms with Gasteiger partial charge in [0.25, 0.3) is 11.7 Å². The number of halogens is 1. The second kappa shape index (κ2) is 6.68. The van der Waals surface area contributed by atoms with E-state index in [9.17, 15) is 4.79 Å². The van der Waals surface area contributed by atoms with E-state index in [1.165, 1.54) is 0 Å². The van der Waals surface area contributed by atoms with Gasteiger partial charge in [-0.3, -0.25) is 9.89 Å². The molecule has 0 aliphatic rings. The van der Waals surface area contributed by atoms with Gasteiger partial charge in [-0.25, -0.2) is 9.38 Å². The highest BCUT2D eigenvalue weighted by Gasteiger charge is 2.21. The summed E-state index contributed by atoms with van der Waals surface area (Å²) in [5.41, 5.74) is 2.55. The lowest BCUT2D eigenvalue weighted by Gasteiger charge is -2.08. The largest absolute Gasteiger partial charge is 0.306 e. The molecule has 0 aliphatic carbocycles. The van der Waals surface area contributed by atoms with E-state index in [0.29, 0.717) is 44.7 Å². The maximum atomic E-state index is 12.7. The first-order chi connectivity index (χ1) is 14.1. The molecule has 0 spiro atoms. The van der Waals surface area contributed by atoms with Crippen LogP contribution in [0, 0.1) is 6.92 Å². The highest BCUT2D eigenvalue weighted by Crippen LogP contribution is 2.32. The number of aromatic nitrogens is 6. The minimum atomic E-state index is -0.251. The van der Waals surface area contributed by atoms with Gasteiger partial charge in [-0.05, 0) is 31.2 Å². The Kier molecular flexibility index (Phi) is 3.99. The average Bonchev–Trinajstić information content (AvgIpc) is 3.32. The van der Waals surface area contributed by atoms with Crippen molar-refractivity contribution in [1.29, 1.82) is 0 Å². The number of carbonyl (C=O) groups excluding carboxylic acids is 1. The molecular weight excluding hydrogens is 390 g/mol. The summed E-state index contributed by atoms with van der Waals surface area (Å²) in [6.07, 6.45) is 0. The molecule has 5 aromatic rings. The Labute approximate surface area is 169 Å². The molecule has 0 unspecified atom stereocenters. The van der Waals surface area contributed by atoms with Crippen LogP contribution in [0.25, 0.3) is 28.1 Å². The van der Waals surface area contributed by atoms with Gasteiger partial charge in [0.05, 0.1) is 11.1 Å². The Hall–Kier alpha value is -3.78. The molecule has 0 bridgehead atoms. The highest BCUT2D eigenvalue weighted by molar-refractivity contribution is 6.30. The molecule has 29 heavy (non-hydrogen) atoms. The summed E-state index contributed by atoms with van der Waals surface area (Å²) in [6, 6.07) is 16.3. The molecule has 0 saturated heterocycles. The van der Waals surface area contributed by atoms with Crippen molar-refractivity contribution in [3.8, 4) is 11.3 Å². The second-order valence-corrected chi connectivity index (χ2v) is 6.90. The SMILES string of the molecule is Cc1nnc2nc(-c3ccc(Cl)cc3)c3c(NC(=O)c4ccccc4)[nH]nc3n12. The fourth-order valence-corrected chi connectivity index (χ4v) is 3.35. The quantitative estimate of drug-likeness (QED) is 0.476. The summed E-state index contributed by atoms with van der Waals surface area (Å²) in [6.45, 7) is 1.82. The van der Waals surface area contributed by atoms with Crippen LogP contribution in [0.3, 0.4) is 0 Å². The summed E-state index contributed by atoms with van der Waals surface area (Å²) in [5.74, 6) is 1.26. The van der Waals surface area contributed by atoms with Crippen molar-refractivity contribution in [3.05, 3.63) is 71.0 Å². The molecule has 0 fully saturated rings. The third kappa shape index (κ3) is 2.90. The summed E-state index contributed by atoms with van der Waals surface area (Å²) in [7, 11) is 0. The number of fused-ring (bicyclic) bond motifs is 3. The number of amides is 1. The molecule has 3 aromatic heterocycles. The Morgan fingerprint density at radius 2 is 1.83 bits per heavy atom. The van der Waals surface area contributed by atoms with Crippen LogP contribution in [0.2, 0.25) is 5.02 Å². The van der Waals surface area contributed by atoms with Crippen molar-refractivity contribution < 1.29 is 4.79 Å². The zero-order valence-corrected chi connectivity index (χ0v) is 16.0. The van der Waals surface area contributed by atoms with Crippen molar-refractivity contribution in [2.24, 2.45) is 0 Å². The van der Waals surface area contributed by atoms with E-state index in [1.54, 1.807) is 28.7 Å². The summed E-state index contributed by atoms with van der Waals surface area (Å²) >= 11 is 6.04. The number of hydrogen-bond acceptors (Lipinski definition) is 5. The third-order valence-electron chi connectivity index (χ3n) is 4.61. The van der Waals surface area contributed by atoms with Crippen molar-refractivity contribution in [2.45, 2.75) is 6.92 Å². The van der Waals surface area contributed by atoms with E-state index < -0.39 is 0 Å². The fourth-order valence-electron chi connectivity index (χ4n) is 3.23. The molecule has 142 valence electrons. The van der Waals surface area contributed by atoms with E-state index in [0.717, 1.165) is 5.56 Å². The molecule has 9 heteroatoms. The van der Waals surface area contributed by atoms with Crippen LogP contribution < -0.4 is 5.32 Å². The first-order valence-electron chi connectivity index (χ1n) is 8.84. The van der Waals surface area contributed by atoms with Gasteiger partial charge in [0.15, 0.2) is 5.65 Å². The number of H-pyrrole nitrogens is 1.